The van der Waals surface area contributed by atoms with Crippen LogP contribution < -0.4 is 10.2 Å². The third-order valence-electron chi connectivity index (χ3n) is 6.45. The van der Waals surface area contributed by atoms with Crippen LogP contribution in [0.3, 0.4) is 0 Å². The summed E-state index contributed by atoms with van der Waals surface area (Å²) < 4.78 is 18.1. The molecule has 0 atom stereocenters. The SMILES string of the molecule is C=CC(C)(C)c1c(O)cc(O)c2c(=O)c3oc4c(CC=C(C)C)c(O)c(OCC=C(C)C)cc4c3oc12. The van der Waals surface area contributed by atoms with Crippen LogP contribution in [-0.2, 0) is 11.8 Å². The summed E-state index contributed by atoms with van der Waals surface area (Å²) >= 11 is 0. The Morgan fingerprint density at radius 2 is 1.59 bits per heavy atom. The highest BCUT2D eigenvalue weighted by molar-refractivity contribution is 6.07. The van der Waals surface area contributed by atoms with E-state index in [1.807, 2.05) is 53.7 Å². The number of allylic oxidation sites excluding steroid dienone is 4. The highest BCUT2D eigenvalue weighted by atomic mass is 16.5. The minimum atomic E-state index is -0.787. The number of phenols is 3. The van der Waals surface area contributed by atoms with Crippen molar-refractivity contribution in [3.8, 4) is 23.0 Å². The summed E-state index contributed by atoms with van der Waals surface area (Å²) in [5.74, 6) is -0.515. The lowest BCUT2D eigenvalue weighted by atomic mass is 9.83. The van der Waals surface area contributed by atoms with Gasteiger partial charge in [-0.05, 0) is 46.3 Å². The summed E-state index contributed by atoms with van der Waals surface area (Å²) in [6, 6.07) is 2.70. The smallest absolute Gasteiger partial charge is 0.239 e. The van der Waals surface area contributed by atoms with Crippen LogP contribution in [0.25, 0.3) is 33.1 Å². The van der Waals surface area contributed by atoms with Crippen molar-refractivity contribution in [2.75, 3.05) is 6.61 Å². The highest BCUT2D eigenvalue weighted by Gasteiger charge is 2.30. The molecule has 0 bridgehead atoms. The van der Waals surface area contributed by atoms with Crippen LogP contribution in [-0.4, -0.2) is 21.9 Å². The maximum Gasteiger partial charge on any atom is 0.239 e. The topological polar surface area (TPSA) is 113 Å². The summed E-state index contributed by atoms with van der Waals surface area (Å²) in [7, 11) is 0. The van der Waals surface area contributed by atoms with Gasteiger partial charge in [0.2, 0.25) is 11.0 Å². The van der Waals surface area contributed by atoms with E-state index in [1.165, 1.54) is 0 Å². The number of fused-ring (bicyclic) bond motifs is 4. The van der Waals surface area contributed by atoms with Gasteiger partial charge in [-0.3, -0.25) is 4.79 Å². The van der Waals surface area contributed by atoms with Crippen molar-refractivity contribution in [2.24, 2.45) is 0 Å². The van der Waals surface area contributed by atoms with E-state index in [0.717, 1.165) is 17.2 Å². The minimum absolute atomic E-state index is 0.0357. The predicted octanol–water partition coefficient (Wildman–Crippen LogP) is 7.13. The molecule has 0 fully saturated rings. The van der Waals surface area contributed by atoms with E-state index < -0.39 is 16.6 Å². The number of phenolic OH excluding ortho intramolecular Hbond substituents is 3. The van der Waals surface area contributed by atoms with E-state index >= 15 is 0 Å². The lowest BCUT2D eigenvalue weighted by Crippen LogP contribution is -2.15. The molecule has 3 N–H and O–H groups in total. The molecule has 0 saturated heterocycles. The standard InChI is InChI=1S/C30H32O7/c1-8-30(6,7)23-20(32)14-19(31)22-25(34)29-27(37-28(22)23)18-13-21(35-12-11-16(4)5)24(33)17(26(18)36-29)10-9-15(2)3/h8-9,11,13-14,31-33H,1,10,12H2,2-7H3. The van der Waals surface area contributed by atoms with Crippen molar-refractivity contribution in [2.45, 2.75) is 53.4 Å². The Bertz CT molecular complexity index is 1670. The zero-order chi connectivity index (χ0) is 27.2. The second kappa shape index (κ2) is 9.39. The predicted molar refractivity (Wildman–Crippen MR) is 146 cm³/mol. The fraction of sp³-hybridized carbons (Fsp3) is 0.300. The first-order valence-electron chi connectivity index (χ1n) is 12.0. The molecule has 2 heterocycles. The summed E-state index contributed by atoms with van der Waals surface area (Å²) in [5.41, 5.74) is 1.82. The Morgan fingerprint density at radius 1 is 0.946 bits per heavy atom. The molecule has 2 aromatic heterocycles. The summed E-state index contributed by atoms with van der Waals surface area (Å²) in [6.07, 6.45) is 5.78. The largest absolute Gasteiger partial charge is 0.507 e. The van der Waals surface area contributed by atoms with Crippen LogP contribution in [0.2, 0.25) is 0 Å². The number of hydrogen-bond donors (Lipinski definition) is 3. The van der Waals surface area contributed by atoms with Gasteiger partial charge in [-0.2, -0.15) is 0 Å². The van der Waals surface area contributed by atoms with Crippen LogP contribution in [0.15, 0.2) is 61.7 Å². The van der Waals surface area contributed by atoms with E-state index in [2.05, 4.69) is 6.58 Å². The molecule has 0 amide bonds. The molecule has 0 aliphatic rings. The van der Waals surface area contributed by atoms with Crippen molar-refractivity contribution in [1.82, 2.24) is 0 Å². The molecule has 0 saturated carbocycles. The third kappa shape index (κ3) is 4.46. The van der Waals surface area contributed by atoms with Crippen molar-refractivity contribution >= 4 is 33.1 Å². The Hall–Kier alpha value is -4.13. The Balaban J connectivity index is 2.16. The maximum absolute atomic E-state index is 13.6. The summed E-state index contributed by atoms with van der Waals surface area (Å²) in [5, 5.41) is 32.7. The molecule has 0 spiro atoms. The van der Waals surface area contributed by atoms with Crippen molar-refractivity contribution in [3.63, 3.8) is 0 Å². The monoisotopic (exact) mass is 504 g/mol. The number of furan rings is 1. The van der Waals surface area contributed by atoms with Crippen molar-refractivity contribution in [3.05, 3.63) is 69.4 Å². The number of rotatable bonds is 7. The average Bonchev–Trinajstić information content (AvgIpc) is 3.16. The second-order valence-electron chi connectivity index (χ2n) is 10.3. The number of benzene rings is 2. The second-order valence-corrected chi connectivity index (χ2v) is 10.3. The van der Waals surface area contributed by atoms with Crippen molar-refractivity contribution in [1.29, 1.82) is 0 Å². The maximum atomic E-state index is 13.6. The molecule has 0 unspecified atom stereocenters. The molecule has 0 aliphatic carbocycles. The van der Waals surface area contributed by atoms with Gasteiger partial charge < -0.3 is 28.9 Å². The molecular weight excluding hydrogens is 472 g/mol. The fourth-order valence-electron chi connectivity index (χ4n) is 4.29. The van der Waals surface area contributed by atoms with Crippen LogP contribution in [0.5, 0.6) is 23.0 Å². The van der Waals surface area contributed by atoms with Gasteiger partial charge in [0.25, 0.3) is 0 Å². The molecule has 0 radical (unpaired) electrons. The Morgan fingerprint density at radius 3 is 2.22 bits per heavy atom. The lowest BCUT2D eigenvalue weighted by molar-refractivity contribution is 0.334. The highest BCUT2D eigenvalue weighted by Crippen LogP contribution is 2.45. The van der Waals surface area contributed by atoms with Gasteiger partial charge in [0, 0.05) is 22.6 Å². The average molecular weight is 505 g/mol. The van der Waals surface area contributed by atoms with E-state index in [9.17, 15) is 20.1 Å². The van der Waals surface area contributed by atoms with E-state index in [-0.39, 0.29) is 51.6 Å². The lowest BCUT2D eigenvalue weighted by Gasteiger charge is -2.22. The molecular formula is C30H32O7. The van der Waals surface area contributed by atoms with Gasteiger partial charge in [-0.25, -0.2) is 0 Å². The zero-order valence-corrected chi connectivity index (χ0v) is 22.0. The number of aromatic hydroxyl groups is 3. The first kappa shape index (κ1) is 25.9. The molecule has 194 valence electrons. The third-order valence-corrected chi connectivity index (χ3v) is 6.45. The van der Waals surface area contributed by atoms with Gasteiger partial charge in [-0.15, -0.1) is 6.58 Å². The molecule has 7 nitrogen and oxygen atoms in total. The number of hydrogen-bond acceptors (Lipinski definition) is 7. The normalized spacial score (nSPS) is 11.7. The quantitative estimate of drug-likeness (QED) is 0.230. The van der Waals surface area contributed by atoms with Crippen LogP contribution in [0, 0.1) is 0 Å². The Kier molecular flexibility index (Phi) is 6.59. The fourth-order valence-corrected chi connectivity index (χ4v) is 4.29. The molecule has 4 rings (SSSR count). The first-order chi connectivity index (χ1) is 17.4. The molecule has 4 aromatic rings. The van der Waals surface area contributed by atoms with Gasteiger partial charge in [0.05, 0.1) is 5.39 Å². The summed E-state index contributed by atoms with van der Waals surface area (Å²) in [6.45, 7) is 15.5. The van der Waals surface area contributed by atoms with Crippen LogP contribution >= 0.6 is 0 Å². The van der Waals surface area contributed by atoms with Gasteiger partial charge in [0.15, 0.2) is 22.7 Å². The minimum Gasteiger partial charge on any atom is -0.507 e. The number of ether oxygens (including phenoxy) is 1. The van der Waals surface area contributed by atoms with Crippen LogP contribution in [0.4, 0.5) is 0 Å². The van der Waals surface area contributed by atoms with Crippen LogP contribution in [0.1, 0.15) is 52.7 Å². The van der Waals surface area contributed by atoms with E-state index in [1.54, 1.807) is 12.1 Å². The zero-order valence-electron chi connectivity index (χ0n) is 22.0. The van der Waals surface area contributed by atoms with Gasteiger partial charge in [0.1, 0.15) is 29.1 Å². The summed E-state index contributed by atoms with van der Waals surface area (Å²) in [4.78, 5) is 13.6. The van der Waals surface area contributed by atoms with Gasteiger partial charge in [-0.1, -0.05) is 37.1 Å². The van der Waals surface area contributed by atoms with E-state index in [4.69, 9.17) is 13.6 Å². The van der Waals surface area contributed by atoms with E-state index in [0.29, 0.717) is 22.9 Å². The first-order valence-corrected chi connectivity index (χ1v) is 12.0. The molecule has 2 aromatic carbocycles. The van der Waals surface area contributed by atoms with Crippen molar-refractivity contribution < 1.29 is 28.9 Å². The molecule has 7 heteroatoms. The van der Waals surface area contributed by atoms with Gasteiger partial charge >= 0.3 is 0 Å². The Labute approximate surface area is 214 Å². The molecule has 37 heavy (non-hydrogen) atoms. The molecule has 0 aliphatic heterocycles.